The molecule has 1 rings (SSSR count). The number of unbranched alkanes of at least 4 members (excludes halogenated alkanes) is 1. The second-order valence-electron chi connectivity index (χ2n) is 3.00. The average Bonchev–Trinajstić information content (AvgIpc) is 2.20. The van der Waals surface area contributed by atoms with Crippen molar-refractivity contribution in [2.24, 2.45) is 0 Å². The first-order valence-electron chi connectivity index (χ1n) is 4.64. The molecule has 0 aliphatic rings. The number of nitrogens with zero attached hydrogens (tertiary/aromatic N) is 2. The molecule has 0 bridgehead atoms. The van der Waals surface area contributed by atoms with Crippen molar-refractivity contribution in [1.82, 2.24) is 9.78 Å². The van der Waals surface area contributed by atoms with Crippen LogP contribution >= 0.6 is 15.9 Å². The van der Waals surface area contributed by atoms with Gasteiger partial charge in [0.25, 0.3) is 5.56 Å². The van der Waals surface area contributed by atoms with Crippen molar-refractivity contribution < 1.29 is 0 Å². The third kappa shape index (κ3) is 2.35. The highest BCUT2D eigenvalue weighted by molar-refractivity contribution is 9.10. The molecule has 0 saturated heterocycles. The number of aromatic nitrogens is 2. The lowest BCUT2D eigenvalue weighted by atomic mass is 10.3. The van der Waals surface area contributed by atoms with Gasteiger partial charge in [0.1, 0.15) is 4.47 Å². The second kappa shape index (κ2) is 5.14. The van der Waals surface area contributed by atoms with Gasteiger partial charge in [0.15, 0.2) is 0 Å². The van der Waals surface area contributed by atoms with Crippen LogP contribution < -0.4 is 10.9 Å². The van der Waals surface area contributed by atoms with E-state index in [4.69, 9.17) is 0 Å². The summed E-state index contributed by atoms with van der Waals surface area (Å²) in [6.07, 6.45) is 3.68. The van der Waals surface area contributed by atoms with Crippen molar-refractivity contribution in [3.05, 3.63) is 21.0 Å². The molecule has 1 aromatic heterocycles. The van der Waals surface area contributed by atoms with Gasteiger partial charge < -0.3 is 5.32 Å². The first-order valence-corrected chi connectivity index (χ1v) is 5.43. The highest BCUT2D eigenvalue weighted by atomic mass is 79.9. The highest BCUT2D eigenvalue weighted by Gasteiger charge is 2.06. The lowest BCUT2D eigenvalue weighted by Gasteiger charge is -2.06. The molecule has 14 heavy (non-hydrogen) atoms. The Hall–Kier alpha value is -0.840. The molecule has 1 aromatic rings. The van der Waals surface area contributed by atoms with E-state index in [0.717, 1.165) is 18.5 Å². The van der Waals surface area contributed by atoms with Gasteiger partial charge in [-0.2, -0.15) is 5.10 Å². The Morgan fingerprint density at radius 3 is 2.93 bits per heavy atom. The van der Waals surface area contributed by atoms with E-state index in [0.29, 0.717) is 11.0 Å². The summed E-state index contributed by atoms with van der Waals surface area (Å²) in [5, 5.41) is 6.96. The zero-order valence-corrected chi connectivity index (χ0v) is 9.97. The Morgan fingerprint density at radius 2 is 2.36 bits per heavy atom. The lowest BCUT2D eigenvalue weighted by Crippen LogP contribution is -2.24. The Labute approximate surface area is 91.5 Å². The standard InChI is InChI=1S/C9H14BrN3O/c1-3-4-5-13-9(14)8(10)7(11-2)6-12-13/h6,11H,3-5H2,1-2H3. The van der Waals surface area contributed by atoms with Gasteiger partial charge in [-0.15, -0.1) is 0 Å². The fourth-order valence-corrected chi connectivity index (χ4v) is 1.61. The molecule has 5 heteroatoms. The average molecular weight is 260 g/mol. The van der Waals surface area contributed by atoms with E-state index >= 15 is 0 Å². The summed E-state index contributed by atoms with van der Waals surface area (Å²) in [4.78, 5) is 11.7. The lowest BCUT2D eigenvalue weighted by molar-refractivity contribution is 0.541. The fourth-order valence-electron chi connectivity index (χ4n) is 1.11. The van der Waals surface area contributed by atoms with E-state index in [1.165, 1.54) is 4.68 Å². The summed E-state index contributed by atoms with van der Waals surface area (Å²) in [5.74, 6) is 0. The largest absolute Gasteiger partial charge is 0.386 e. The molecule has 0 aliphatic heterocycles. The summed E-state index contributed by atoms with van der Waals surface area (Å²) in [7, 11) is 1.76. The zero-order valence-electron chi connectivity index (χ0n) is 8.38. The minimum atomic E-state index is -0.0784. The fraction of sp³-hybridized carbons (Fsp3) is 0.556. The number of aryl methyl sites for hydroxylation is 1. The van der Waals surface area contributed by atoms with Gasteiger partial charge in [0, 0.05) is 13.6 Å². The van der Waals surface area contributed by atoms with Crippen LogP contribution in [0.2, 0.25) is 0 Å². The molecule has 0 atom stereocenters. The number of hydrogen-bond donors (Lipinski definition) is 1. The quantitative estimate of drug-likeness (QED) is 0.898. The summed E-state index contributed by atoms with van der Waals surface area (Å²) in [5.41, 5.74) is 0.646. The zero-order chi connectivity index (χ0) is 10.6. The minimum Gasteiger partial charge on any atom is -0.386 e. The van der Waals surface area contributed by atoms with Gasteiger partial charge in [-0.25, -0.2) is 4.68 Å². The van der Waals surface area contributed by atoms with Crippen LogP contribution in [0.15, 0.2) is 15.5 Å². The third-order valence-electron chi connectivity index (χ3n) is 1.98. The molecule has 0 aromatic carbocycles. The molecule has 0 amide bonds. The van der Waals surface area contributed by atoms with Crippen molar-refractivity contribution in [2.45, 2.75) is 26.3 Å². The summed E-state index contributed by atoms with van der Waals surface area (Å²) >= 11 is 3.25. The van der Waals surface area contributed by atoms with E-state index in [2.05, 4.69) is 33.3 Å². The van der Waals surface area contributed by atoms with E-state index < -0.39 is 0 Å². The molecule has 0 aliphatic carbocycles. The van der Waals surface area contributed by atoms with E-state index in [1.54, 1.807) is 13.2 Å². The smallest absolute Gasteiger partial charge is 0.283 e. The molecule has 1 heterocycles. The summed E-state index contributed by atoms with van der Waals surface area (Å²) in [6.45, 7) is 2.76. The number of nitrogens with one attached hydrogen (secondary N) is 1. The van der Waals surface area contributed by atoms with Gasteiger partial charge in [-0.1, -0.05) is 13.3 Å². The predicted molar refractivity (Wildman–Crippen MR) is 60.7 cm³/mol. The molecule has 4 nitrogen and oxygen atoms in total. The van der Waals surface area contributed by atoms with Gasteiger partial charge in [0.05, 0.1) is 11.9 Å². The molecule has 0 unspecified atom stereocenters. The Morgan fingerprint density at radius 1 is 1.64 bits per heavy atom. The van der Waals surface area contributed by atoms with Crippen molar-refractivity contribution in [3.63, 3.8) is 0 Å². The molecular weight excluding hydrogens is 246 g/mol. The highest BCUT2D eigenvalue weighted by Crippen LogP contribution is 2.14. The first-order chi connectivity index (χ1) is 6.70. The SMILES string of the molecule is CCCCn1ncc(NC)c(Br)c1=O. The van der Waals surface area contributed by atoms with Crippen molar-refractivity contribution in [2.75, 3.05) is 12.4 Å². The first kappa shape index (κ1) is 11.2. The van der Waals surface area contributed by atoms with Crippen LogP contribution in [-0.4, -0.2) is 16.8 Å². The number of hydrogen-bond acceptors (Lipinski definition) is 3. The van der Waals surface area contributed by atoms with Crippen LogP contribution in [-0.2, 0) is 6.54 Å². The Bertz CT molecular complexity index is 362. The molecular formula is C9H14BrN3O. The topological polar surface area (TPSA) is 46.9 Å². The van der Waals surface area contributed by atoms with Crippen molar-refractivity contribution in [1.29, 1.82) is 0 Å². The van der Waals surface area contributed by atoms with Gasteiger partial charge in [-0.05, 0) is 22.4 Å². The number of anilines is 1. The number of halogens is 1. The molecule has 1 N–H and O–H groups in total. The van der Waals surface area contributed by atoms with Crippen molar-refractivity contribution >= 4 is 21.6 Å². The van der Waals surface area contributed by atoms with Gasteiger partial charge >= 0.3 is 0 Å². The van der Waals surface area contributed by atoms with Crippen LogP contribution in [0.1, 0.15) is 19.8 Å². The van der Waals surface area contributed by atoms with E-state index in [-0.39, 0.29) is 5.56 Å². The normalized spacial score (nSPS) is 10.2. The van der Waals surface area contributed by atoms with Crippen LogP contribution in [0.5, 0.6) is 0 Å². The molecule has 0 spiro atoms. The molecule has 0 fully saturated rings. The van der Waals surface area contributed by atoms with E-state index in [9.17, 15) is 4.79 Å². The van der Waals surface area contributed by atoms with Gasteiger partial charge in [-0.3, -0.25) is 4.79 Å². The molecule has 78 valence electrons. The van der Waals surface area contributed by atoms with Crippen LogP contribution in [0, 0.1) is 0 Å². The maximum absolute atomic E-state index is 11.7. The monoisotopic (exact) mass is 259 g/mol. The maximum Gasteiger partial charge on any atom is 0.283 e. The number of rotatable bonds is 4. The Kier molecular flexibility index (Phi) is 4.13. The van der Waals surface area contributed by atoms with Crippen LogP contribution in [0.25, 0.3) is 0 Å². The molecule has 0 saturated carbocycles. The second-order valence-corrected chi connectivity index (χ2v) is 3.80. The van der Waals surface area contributed by atoms with Gasteiger partial charge in [0.2, 0.25) is 0 Å². The Balaban J connectivity index is 2.99. The minimum absolute atomic E-state index is 0.0784. The molecule has 0 radical (unpaired) electrons. The summed E-state index contributed by atoms with van der Waals surface area (Å²) < 4.78 is 2.03. The predicted octanol–water partition coefficient (Wildman–Crippen LogP) is 1.85. The van der Waals surface area contributed by atoms with Crippen LogP contribution in [0.3, 0.4) is 0 Å². The summed E-state index contributed by atoms with van der Waals surface area (Å²) in [6, 6.07) is 0. The van der Waals surface area contributed by atoms with Crippen molar-refractivity contribution in [3.8, 4) is 0 Å². The van der Waals surface area contributed by atoms with E-state index in [1.807, 2.05) is 0 Å². The third-order valence-corrected chi connectivity index (χ3v) is 2.74. The maximum atomic E-state index is 11.7. The van der Waals surface area contributed by atoms with Crippen LogP contribution in [0.4, 0.5) is 5.69 Å².